The van der Waals surface area contributed by atoms with Crippen LogP contribution in [0.1, 0.15) is 84.1 Å². The van der Waals surface area contributed by atoms with Crippen LogP contribution in [0.5, 0.6) is 5.88 Å². The van der Waals surface area contributed by atoms with Crippen molar-refractivity contribution in [3.8, 4) is 11.7 Å². The van der Waals surface area contributed by atoms with Crippen LogP contribution < -0.4 is 15.4 Å². The predicted molar refractivity (Wildman–Crippen MR) is 160 cm³/mol. The molecule has 2 N–H and O–H groups in total. The first-order valence-corrected chi connectivity index (χ1v) is 14.3. The Balaban J connectivity index is 1.60. The molecule has 1 aliphatic rings. The smallest absolute Gasteiger partial charge is 0.274 e. The normalized spacial score (nSPS) is 14.6. The highest BCUT2D eigenvalue weighted by Crippen LogP contribution is 2.38. The lowest BCUT2D eigenvalue weighted by atomic mass is 9.75. The van der Waals surface area contributed by atoms with Gasteiger partial charge in [-0.1, -0.05) is 37.8 Å². The van der Waals surface area contributed by atoms with E-state index in [1.54, 1.807) is 25.3 Å². The average Bonchev–Trinajstić information content (AvgIpc) is 3.57. The summed E-state index contributed by atoms with van der Waals surface area (Å²) in [5, 5.41) is 15.7. The topological polar surface area (TPSA) is 133 Å². The first-order chi connectivity index (χ1) is 20.0. The maximum absolute atomic E-state index is 13.8. The van der Waals surface area contributed by atoms with Gasteiger partial charge in [0.15, 0.2) is 5.82 Å². The van der Waals surface area contributed by atoms with Gasteiger partial charge in [0.05, 0.1) is 23.4 Å². The van der Waals surface area contributed by atoms with Gasteiger partial charge >= 0.3 is 0 Å². The standard InChI is InChI=1S/C30H34ClN7O4/c1-17(2)33-28(40)23-24(34-27(39)21-15-22(42-5)35-38(21)26-20(31)10-9-13-32-26)18(3)14-19-16-37(36-25(19)23)29(41)30(4)11-7-6-8-12-30/h9-10,13-17H,6-8,11-12H2,1-5H3,(H,33,40)(H,34,39). The molecule has 0 unspecified atom stereocenters. The fourth-order valence-electron chi connectivity index (χ4n) is 5.44. The van der Waals surface area contributed by atoms with Crippen LogP contribution in [-0.2, 0) is 0 Å². The monoisotopic (exact) mass is 591 g/mol. The molecule has 11 nitrogen and oxygen atoms in total. The number of nitrogens with one attached hydrogen (secondary N) is 2. The summed E-state index contributed by atoms with van der Waals surface area (Å²) >= 11 is 6.36. The number of aryl methyl sites for hydroxylation is 1. The number of nitrogens with zero attached hydrogens (tertiary/aromatic N) is 5. The number of hydrogen-bond acceptors (Lipinski definition) is 7. The van der Waals surface area contributed by atoms with E-state index in [2.05, 4.69) is 25.8 Å². The first-order valence-electron chi connectivity index (χ1n) is 14.0. The second kappa shape index (κ2) is 11.6. The highest BCUT2D eigenvalue weighted by atomic mass is 35.5. The van der Waals surface area contributed by atoms with Gasteiger partial charge in [-0.15, -0.1) is 5.10 Å². The lowest BCUT2D eigenvalue weighted by molar-refractivity contribution is 0.0634. The van der Waals surface area contributed by atoms with Crippen LogP contribution in [0.15, 0.2) is 36.7 Å². The summed E-state index contributed by atoms with van der Waals surface area (Å²) in [6, 6.07) is 6.39. The molecule has 1 saturated carbocycles. The second-order valence-electron chi connectivity index (χ2n) is 11.3. The number of aromatic nitrogens is 5. The maximum Gasteiger partial charge on any atom is 0.274 e. The molecule has 5 rings (SSSR count). The summed E-state index contributed by atoms with van der Waals surface area (Å²) in [6.45, 7) is 7.46. The quantitative estimate of drug-likeness (QED) is 0.286. The number of anilines is 1. The third-order valence-corrected chi connectivity index (χ3v) is 7.93. The van der Waals surface area contributed by atoms with Gasteiger partial charge in [-0.25, -0.2) is 14.3 Å². The Kier molecular flexibility index (Phi) is 8.05. The number of benzene rings is 1. The van der Waals surface area contributed by atoms with Crippen molar-refractivity contribution in [2.45, 2.75) is 65.8 Å². The van der Waals surface area contributed by atoms with Crippen molar-refractivity contribution in [1.82, 2.24) is 29.9 Å². The van der Waals surface area contributed by atoms with E-state index in [4.69, 9.17) is 16.3 Å². The molecule has 220 valence electrons. The lowest BCUT2D eigenvalue weighted by Gasteiger charge is -2.31. The molecule has 0 aliphatic heterocycles. The molecular formula is C30H34ClN7O4. The fraction of sp³-hybridized carbons (Fsp3) is 0.400. The number of hydrogen-bond donors (Lipinski definition) is 2. The van der Waals surface area contributed by atoms with Crippen molar-refractivity contribution in [3.05, 3.63) is 58.5 Å². The molecule has 42 heavy (non-hydrogen) atoms. The Hall–Kier alpha value is -4.25. The maximum atomic E-state index is 13.8. The van der Waals surface area contributed by atoms with Crippen LogP contribution in [0, 0.1) is 12.3 Å². The largest absolute Gasteiger partial charge is 0.480 e. The van der Waals surface area contributed by atoms with Crippen molar-refractivity contribution < 1.29 is 19.1 Å². The average molecular weight is 592 g/mol. The van der Waals surface area contributed by atoms with E-state index in [1.165, 1.54) is 28.7 Å². The molecule has 3 heterocycles. The zero-order valence-corrected chi connectivity index (χ0v) is 25.1. The number of rotatable bonds is 7. The van der Waals surface area contributed by atoms with E-state index < -0.39 is 17.2 Å². The number of halogens is 1. The molecule has 1 aliphatic carbocycles. The summed E-state index contributed by atoms with van der Waals surface area (Å²) < 4.78 is 7.92. The number of pyridine rings is 1. The minimum Gasteiger partial charge on any atom is -0.480 e. The van der Waals surface area contributed by atoms with E-state index in [1.807, 2.05) is 26.8 Å². The molecule has 0 radical (unpaired) electrons. The molecule has 1 fully saturated rings. The second-order valence-corrected chi connectivity index (χ2v) is 11.7. The molecule has 1 aromatic carbocycles. The Labute approximate surface area is 248 Å². The molecule has 4 aromatic rings. The van der Waals surface area contributed by atoms with Crippen molar-refractivity contribution in [2.24, 2.45) is 5.41 Å². The number of ether oxygens (including phenoxy) is 1. The fourth-order valence-corrected chi connectivity index (χ4v) is 5.65. The van der Waals surface area contributed by atoms with Crippen LogP contribution >= 0.6 is 11.6 Å². The summed E-state index contributed by atoms with van der Waals surface area (Å²) in [6.07, 6.45) is 7.89. The van der Waals surface area contributed by atoms with Crippen LogP contribution in [0.2, 0.25) is 5.02 Å². The van der Waals surface area contributed by atoms with Gasteiger partial charge in [0.1, 0.15) is 11.2 Å². The highest BCUT2D eigenvalue weighted by molar-refractivity contribution is 6.32. The number of carbonyl (C=O) groups is 3. The minimum absolute atomic E-state index is 0.0908. The van der Waals surface area contributed by atoms with Crippen molar-refractivity contribution in [2.75, 3.05) is 12.4 Å². The molecule has 3 aromatic heterocycles. The predicted octanol–water partition coefficient (Wildman–Crippen LogP) is 5.59. The van der Waals surface area contributed by atoms with Gasteiger partial charge in [-0.05, 0) is 57.4 Å². The summed E-state index contributed by atoms with van der Waals surface area (Å²) in [7, 11) is 1.44. The van der Waals surface area contributed by atoms with Gasteiger partial charge in [0.25, 0.3) is 17.7 Å². The molecule has 0 atom stereocenters. The van der Waals surface area contributed by atoms with Crippen LogP contribution in [0.25, 0.3) is 16.7 Å². The summed E-state index contributed by atoms with van der Waals surface area (Å²) in [5.74, 6) is -0.667. The molecule has 0 bridgehead atoms. The Morgan fingerprint density at radius 1 is 1.10 bits per heavy atom. The summed E-state index contributed by atoms with van der Waals surface area (Å²) in [5.41, 5.74) is 0.951. The zero-order valence-electron chi connectivity index (χ0n) is 24.3. The van der Waals surface area contributed by atoms with Crippen LogP contribution in [0.3, 0.4) is 0 Å². The third kappa shape index (κ3) is 5.48. The van der Waals surface area contributed by atoms with Crippen LogP contribution in [0.4, 0.5) is 5.69 Å². The highest BCUT2D eigenvalue weighted by Gasteiger charge is 2.36. The van der Waals surface area contributed by atoms with Gasteiger partial charge in [-0.2, -0.15) is 5.10 Å². The Morgan fingerprint density at radius 2 is 1.83 bits per heavy atom. The number of amides is 2. The molecule has 12 heteroatoms. The van der Waals surface area contributed by atoms with E-state index in [-0.39, 0.29) is 45.6 Å². The van der Waals surface area contributed by atoms with Gasteiger partial charge in [0.2, 0.25) is 5.88 Å². The van der Waals surface area contributed by atoms with Gasteiger partial charge < -0.3 is 15.4 Å². The molecule has 0 saturated heterocycles. The van der Waals surface area contributed by atoms with Crippen molar-refractivity contribution >= 4 is 45.9 Å². The SMILES string of the molecule is COc1cc(C(=O)Nc2c(C)cc3cn(C(=O)C4(C)CCCCC4)nc3c2C(=O)NC(C)C)n(-c2ncccc2Cl)n1. The van der Waals surface area contributed by atoms with Crippen molar-refractivity contribution in [1.29, 1.82) is 0 Å². The summed E-state index contributed by atoms with van der Waals surface area (Å²) in [4.78, 5) is 45.3. The Bertz CT molecular complexity index is 1680. The molecule has 0 spiro atoms. The van der Waals surface area contributed by atoms with Crippen LogP contribution in [-0.4, -0.2) is 55.4 Å². The van der Waals surface area contributed by atoms with Crippen molar-refractivity contribution in [3.63, 3.8) is 0 Å². The minimum atomic E-state index is -0.571. The third-order valence-electron chi connectivity index (χ3n) is 7.63. The zero-order chi connectivity index (χ0) is 30.2. The van der Waals surface area contributed by atoms with E-state index in [0.717, 1.165) is 32.1 Å². The van der Waals surface area contributed by atoms with Gasteiger partial charge in [0, 0.05) is 35.3 Å². The van der Waals surface area contributed by atoms with Gasteiger partial charge in [-0.3, -0.25) is 14.4 Å². The van der Waals surface area contributed by atoms with E-state index >= 15 is 0 Å². The number of methoxy groups -OCH3 is 1. The lowest BCUT2D eigenvalue weighted by Crippen LogP contribution is -2.35. The molecule has 2 amide bonds. The van der Waals surface area contributed by atoms with E-state index in [0.29, 0.717) is 16.5 Å². The number of fused-ring (bicyclic) bond motifs is 1. The number of carbonyl (C=O) groups excluding carboxylic acids is 3. The Morgan fingerprint density at radius 3 is 2.50 bits per heavy atom. The molecular weight excluding hydrogens is 558 g/mol. The van der Waals surface area contributed by atoms with E-state index in [9.17, 15) is 14.4 Å². The first kappa shape index (κ1) is 29.2.